The van der Waals surface area contributed by atoms with E-state index in [4.69, 9.17) is 4.74 Å². The van der Waals surface area contributed by atoms with Crippen LogP contribution in [0.3, 0.4) is 0 Å². The first kappa shape index (κ1) is 12.0. The highest BCUT2D eigenvalue weighted by molar-refractivity contribution is 5.81. The van der Waals surface area contributed by atoms with Crippen molar-refractivity contribution in [3.8, 4) is 0 Å². The predicted octanol–water partition coefficient (Wildman–Crippen LogP) is 0.187. The number of ether oxygens (including phenoxy) is 2. The summed E-state index contributed by atoms with van der Waals surface area (Å²) in [7, 11) is 2.97. The Kier molecular flexibility index (Phi) is 4.55. The van der Waals surface area contributed by atoms with Crippen molar-refractivity contribution >= 4 is 11.9 Å². The quantitative estimate of drug-likeness (QED) is 0.628. The van der Waals surface area contributed by atoms with Crippen LogP contribution in [-0.4, -0.2) is 50.2 Å². The first-order chi connectivity index (χ1) is 7.17. The van der Waals surface area contributed by atoms with Crippen LogP contribution in [0.25, 0.3) is 0 Å². The Morgan fingerprint density at radius 3 is 2.60 bits per heavy atom. The molecule has 5 nitrogen and oxygen atoms in total. The van der Waals surface area contributed by atoms with Crippen molar-refractivity contribution in [2.45, 2.75) is 25.4 Å². The molecule has 0 aliphatic carbocycles. The van der Waals surface area contributed by atoms with Gasteiger partial charge in [-0.1, -0.05) is 0 Å². The fourth-order valence-electron chi connectivity index (χ4n) is 1.62. The number of amides is 1. The van der Waals surface area contributed by atoms with Gasteiger partial charge in [0, 0.05) is 26.6 Å². The molecule has 15 heavy (non-hydrogen) atoms. The number of likely N-dealkylation sites (tertiary alicyclic amines) is 1. The average molecular weight is 215 g/mol. The van der Waals surface area contributed by atoms with Gasteiger partial charge in [-0.15, -0.1) is 0 Å². The number of carbonyl (C=O) groups is 2. The number of carbonyl (C=O) groups excluding carboxylic acids is 2. The third kappa shape index (κ3) is 3.51. The first-order valence-electron chi connectivity index (χ1n) is 5.04. The SMILES string of the molecule is COC(=O)CCC(=O)N1CCC(OC)C1. The number of nitrogens with zero attached hydrogens (tertiary/aromatic N) is 1. The summed E-state index contributed by atoms with van der Waals surface area (Å²) >= 11 is 0. The van der Waals surface area contributed by atoms with Crippen LogP contribution in [0.5, 0.6) is 0 Å². The maximum absolute atomic E-state index is 11.6. The first-order valence-corrected chi connectivity index (χ1v) is 5.04. The summed E-state index contributed by atoms with van der Waals surface area (Å²) in [6, 6.07) is 0. The lowest BCUT2D eigenvalue weighted by atomic mass is 10.3. The monoisotopic (exact) mass is 215 g/mol. The van der Waals surface area contributed by atoms with Gasteiger partial charge in [-0.3, -0.25) is 9.59 Å². The fraction of sp³-hybridized carbons (Fsp3) is 0.800. The highest BCUT2D eigenvalue weighted by Gasteiger charge is 2.25. The van der Waals surface area contributed by atoms with Gasteiger partial charge in [-0.2, -0.15) is 0 Å². The average Bonchev–Trinajstić information content (AvgIpc) is 2.73. The molecular weight excluding hydrogens is 198 g/mol. The molecule has 1 unspecified atom stereocenters. The zero-order valence-electron chi connectivity index (χ0n) is 9.19. The highest BCUT2D eigenvalue weighted by atomic mass is 16.5. The zero-order chi connectivity index (χ0) is 11.3. The van der Waals surface area contributed by atoms with E-state index in [9.17, 15) is 9.59 Å². The second kappa shape index (κ2) is 5.70. The number of hydrogen-bond acceptors (Lipinski definition) is 4. The van der Waals surface area contributed by atoms with Crippen LogP contribution in [-0.2, 0) is 19.1 Å². The Labute approximate surface area is 89.3 Å². The maximum Gasteiger partial charge on any atom is 0.306 e. The third-order valence-corrected chi connectivity index (χ3v) is 2.60. The van der Waals surface area contributed by atoms with Gasteiger partial charge >= 0.3 is 5.97 Å². The minimum atomic E-state index is -0.342. The van der Waals surface area contributed by atoms with E-state index in [2.05, 4.69) is 4.74 Å². The van der Waals surface area contributed by atoms with E-state index in [0.29, 0.717) is 6.54 Å². The second-order valence-corrected chi connectivity index (χ2v) is 3.56. The van der Waals surface area contributed by atoms with E-state index in [-0.39, 0.29) is 30.8 Å². The van der Waals surface area contributed by atoms with Crippen LogP contribution in [0.4, 0.5) is 0 Å². The lowest BCUT2D eigenvalue weighted by molar-refractivity contribution is -0.143. The number of methoxy groups -OCH3 is 2. The lowest BCUT2D eigenvalue weighted by Gasteiger charge is -2.15. The third-order valence-electron chi connectivity index (χ3n) is 2.60. The van der Waals surface area contributed by atoms with E-state index >= 15 is 0 Å². The van der Waals surface area contributed by atoms with Gasteiger partial charge in [-0.05, 0) is 6.42 Å². The molecule has 0 spiro atoms. The highest BCUT2D eigenvalue weighted by Crippen LogP contribution is 2.13. The Morgan fingerprint density at radius 1 is 1.33 bits per heavy atom. The smallest absolute Gasteiger partial charge is 0.306 e. The molecule has 0 aromatic rings. The summed E-state index contributed by atoms with van der Waals surface area (Å²) < 4.78 is 9.62. The molecule has 1 aliphatic heterocycles. The molecule has 0 radical (unpaired) electrons. The van der Waals surface area contributed by atoms with Gasteiger partial charge in [-0.25, -0.2) is 0 Å². The van der Waals surface area contributed by atoms with E-state index < -0.39 is 0 Å². The predicted molar refractivity (Wildman–Crippen MR) is 53.2 cm³/mol. The molecule has 1 rings (SSSR count). The normalized spacial score (nSPS) is 20.4. The molecule has 1 atom stereocenters. The van der Waals surface area contributed by atoms with Gasteiger partial charge in [0.05, 0.1) is 19.6 Å². The number of hydrogen-bond donors (Lipinski definition) is 0. The van der Waals surface area contributed by atoms with Crippen molar-refractivity contribution in [1.29, 1.82) is 0 Å². The van der Waals surface area contributed by atoms with E-state index in [0.717, 1.165) is 13.0 Å². The van der Waals surface area contributed by atoms with E-state index in [1.807, 2.05) is 0 Å². The summed E-state index contributed by atoms with van der Waals surface area (Å²) in [5.41, 5.74) is 0. The van der Waals surface area contributed by atoms with Gasteiger partial charge in [0.2, 0.25) is 5.91 Å². The van der Waals surface area contributed by atoms with Crippen molar-refractivity contribution in [2.24, 2.45) is 0 Å². The van der Waals surface area contributed by atoms with Crippen molar-refractivity contribution in [3.63, 3.8) is 0 Å². The molecule has 0 N–H and O–H groups in total. The van der Waals surface area contributed by atoms with Crippen molar-refractivity contribution in [2.75, 3.05) is 27.3 Å². The molecule has 1 saturated heterocycles. The van der Waals surface area contributed by atoms with E-state index in [1.54, 1.807) is 12.0 Å². The van der Waals surface area contributed by atoms with Crippen LogP contribution >= 0.6 is 0 Å². The molecule has 5 heteroatoms. The zero-order valence-corrected chi connectivity index (χ0v) is 9.19. The van der Waals surface area contributed by atoms with Crippen molar-refractivity contribution in [1.82, 2.24) is 4.90 Å². The Morgan fingerprint density at radius 2 is 2.07 bits per heavy atom. The summed E-state index contributed by atoms with van der Waals surface area (Å²) in [5.74, 6) is -0.342. The van der Waals surface area contributed by atoms with Gasteiger partial charge in [0.25, 0.3) is 0 Å². The molecule has 0 bridgehead atoms. The maximum atomic E-state index is 11.6. The van der Waals surface area contributed by atoms with Crippen LogP contribution in [0, 0.1) is 0 Å². The van der Waals surface area contributed by atoms with Crippen molar-refractivity contribution in [3.05, 3.63) is 0 Å². The standard InChI is InChI=1S/C10H17NO4/c1-14-8-5-6-11(7-8)9(12)3-4-10(13)15-2/h8H,3-7H2,1-2H3. The number of rotatable bonds is 4. The minimum absolute atomic E-state index is 0.0000463. The van der Waals surface area contributed by atoms with Gasteiger partial charge < -0.3 is 14.4 Å². The van der Waals surface area contributed by atoms with E-state index in [1.165, 1.54) is 7.11 Å². The van der Waals surface area contributed by atoms with Crippen LogP contribution in [0.15, 0.2) is 0 Å². The largest absolute Gasteiger partial charge is 0.469 e. The molecule has 1 fully saturated rings. The Hall–Kier alpha value is -1.10. The van der Waals surface area contributed by atoms with Crippen molar-refractivity contribution < 1.29 is 19.1 Å². The second-order valence-electron chi connectivity index (χ2n) is 3.56. The molecule has 0 saturated carbocycles. The molecule has 1 heterocycles. The molecule has 86 valence electrons. The van der Waals surface area contributed by atoms with Gasteiger partial charge in [0.1, 0.15) is 0 Å². The Bertz CT molecular complexity index is 242. The summed E-state index contributed by atoms with van der Waals surface area (Å²) in [6.07, 6.45) is 1.40. The fourth-order valence-corrected chi connectivity index (χ4v) is 1.62. The molecule has 0 aromatic heterocycles. The Balaban J connectivity index is 2.26. The summed E-state index contributed by atoms with van der Waals surface area (Å²) in [5, 5.41) is 0. The van der Waals surface area contributed by atoms with Crippen LogP contribution < -0.4 is 0 Å². The summed E-state index contributed by atoms with van der Waals surface area (Å²) in [6.45, 7) is 1.36. The molecule has 0 aromatic carbocycles. The summed E-state index contributed by atoms with van der Waals surface area (Å²) in [4.78, 5) is 24.2. The lowest BCUT2D eigenvalue weighted by Crippen LogP contribution is -2.30. The van der Waals surface area contributed by atoms with Gasteiger partial charge in [0.15, 0.2) is 0 Å². The minimum Gasteiger partial charge on any atom is -0.469 e. The topological polar surface area (TPSA) is 55.8 Å². The molecular formula is C10H17NO4. The molecule has 1 amide bonds. The van der Waals surface area contributed by atoms with Crippen LogP contribution in [0.1, 0.15) is 19.3 Å². The molecule has 1 aliphatic rings. The van der Waals surface area contributed by atoms with Crippen LogP contribution in [0.2, 0.25) is 0 Å². The number of esters is 1.